The number of benzene rings is 2. The Bertz CT molecular complexity index is 1600. The minimum atomic E-state index is -0.765. The number of esters is 2. The van der Waals surface area contributed by atoms with Crippen LogP contribution in [0.3, 0.4) is 0 Å². The fraction of sp³-hybridized carbons (Fsp3) is 0.276. The molecular formula is C29H28N2O10. The minimum Gasteiger partial charge on any atom is -0.497 e. The first-order chi connectivity index (χ1) is 19.7. The van der Waals surface area contributed by atoms with Crippen molar-refractivity contribution in [1.29, 1.82) is 0 Å². The van der Waals surface area contributed by atoms with E-state index in [4.69, 9.17) is 23.7 Å². The number of aryl methyl sites for hydroxylation is 1. The number of hydrogen-bond acceptors (Lipinski definition) is 10. The number of carbonyl (C=O) groups is 3. The van der Waals surface area contributed by atoms with E-state index in [1.54, 1.807) is 49.4 Å². The number of ketones is 1. The first-order valence-corrected chi connectivity index (χ1v) is 12.6. The number of nitrogens with zero attached hydrogens (tertiary/aromatic N) is 1. The monoisotopic (exact) mass is 564 g/mol. The SMILES string of the molecule is COc1cccc(C(=O)c2ccc(OC)c(OC(=O)CCC(=O)OC[C@@H]3C=C[C@H](n4cc(C)c(=O)[nH]c4=O)O3)c2)c1. The molecule has 41 heavy (non-hydrogen) atoms. The summed E-state index contributed by atoms with van der Waals surface area (Å²) in [6.45, 7) is 1.42. The normalized spacial score (nSPS) is 15.8. The molecule has 0 saturated carbocycles. The lowest BCUT2D eigenvalue weighted by molar-refractivity contribution is -0.150. The van der Waals surface area contributed by atoms with Gasteiger partial charge in [-0.15, -0.1) is 0 Å². The van der Waals surface area contributed by atoms with Crippen LogP contribution in [0.4, 0.5) is 0 Å². The molecule has 1 aromatic heterocycles. The first-order valence-electron chi connectivity index (χ1n) is 12.6. The highest BCUT2D eigenvalue weighted by Gasteiger charge is 2.24. The van der Waals surface area contributed by atoms with Gasteiger partial charge in [0, 0.05) is 22.9 Å². The van der Waals surface area contributed by atoms with Gasteiger partial charge in [0.25, 0.3) is 5.56 Å². The van der Waals surface area contributed by atoms with Crippen LogP contribution in [0.1, 0.15) is 40.6 Å². The minimum absolute atomic E-state index is 0.0304. The molecule has 3 aromatic rings. The third kappa shape index (κ3) is 7.17. The number of ether oxygens (including phenoxy) is 5. The van der Waals surface area contributed by atoms with Gasteiger partial charge >= 0.3 is 17.6 Å². The second-order valence-corrected chi connectivity index (χ2v) is 9.01. The molecular weight excluding hydrogens is 536 g/mol. The molecule has 0 radical (unpaired) electrons. The molecule has 2 heterocycles. The number of carbonyl (C=O) groups excluding carboxylic acids is 3. The van der Waals surface area contributed by atoms with Crippen LogP contribution in [-0.2, 0) is 19.1 Å². The summed E-state index contributed by atoms with van der Waals surface area (Å²) in [5, 5.41) is 0. The number of nitrogens with one attached hydrogen (secondary N) is 1. The summed E-state index contributed by atoms with van der Waals surface area (Å²) in [4.78, 5) is 63.5. The maximum absolute atomic E-state index is 12.9. The second-order valence-electron chi connectivity index (χ2n) is 9.01. The van der Waals surface area contributed by atoms with Gasteiger partial charge in [0.15, 0.2) is 23.5 Å². The molecule has 2 aromatic carbocycles. The molecule has 0 bridgehead atoms. The molecule has 4 rings (SSSR count). The van der Waals surface area contributed by atoms with Gasteiger partial charge in [-0.2, -0.15) is 0 Å². The molecule has 0 saturated heterocycles. The molecule has 1 N–H and O–H groups in total. The third-order valence-electron chi connectivity index (χ3n) is 6.15. The lowest BCUT2D eigenvalue weighted by Gasteiger charge is -2.16. The summed E-state index contributed by atoms with van der Waals surface area (Å²) in [6.07, 6.45) is 2.69. The predicted molar refractivity (Wildman–Crippen MR) is 144 cm³/mol. The van der Waals surface area contributed by atoms with E-state index in [-0.39, 0.29) is 42.3 Å². The molecule has 1 aliphatic rings. The number of H-pyrrole nitrogens is 1. The summed E-state index contributed by atoms with van der Waals surface area (Å²) in [6, 6.07) is 11.1. The van der Waals surface area contributed by atoms with Crippen molar-refractivity contribution >= 4 is 17.7 Å². The molecule has 12 nitrogen and oxygen atoms in total. The molecule has 0 fully saturated rings. The number of rotatable bonds is 11. The van der Waals surface area contributed by atoms with Gasteiger partial charge in [-0.25, -0.2) is 4.79 Å². The Balaban J connectivity index is 1.28. The van der Waals surface area contributed by atoms with Crippen molar-refractivity contribution in [2.75, 3.05) is 20.8 Å². The topological polar surface area (TPSA) is 152 Å². The largest absolute Gasteiger partial charge is 0.497 e. The van der Waals surface area contributed by atoms with Gasteiger partial charge < -0.3 is 23.7 Å². The Labute approximate surface area is 234 Å². The Morgan fingerprint density at radius 1 is 0.927 bits per heavy atom. The fourth-order valence-electron chi connectivity index (χ4n) is 3.97. The standard InChI is InChI=1S/C29H28N2O10/c1-17-15-31(29(36)30-28(17)35)24-10-8-21(40-24)16-39-25(32)11-12-26(33)41-23-14-19(7-9-22(23)38-3)27(34)18-5-4-6-20(13-18)37-2/h4-10,13-15,21,24H,11-12,16H2,1-3H3,(H,30,35,36)/t21-,24+/m0/s1. The number of hydrogen-bond donors (Lipinski definition) is 1. The molecule has 12 heteroatoms. The maximum Gasteiger partial charge on any atom is 0.330 e. The molecule has 0 spiro atoms. The third-order valence-corrected chi connectivity index (χ3v) is 6.15. The summed E-state index contributed by atoms with van der Waals surface area (Å²) >= 11 is 0. The zero-order valence-corrected chi connectivity index (χ0v) is 22.6. The van der Waals surface area contributed by atoms with Crippen molar-refractivity contribution in [3.8, 4) is 17.2 Å². The Morgan fingerprint density at radius 3 is 2.44 bits per heavy atom. The number of aromatic nitrogens is 2. The van der Waals surface area contributed by atoms with Gasteiger partial charge in [-0.05, 0) is 43.3 Å². The highest BCUT2D eigenvalue weighted by Crippen LogP contribution is 2.30. The lowest BCUT2D eigenvalue weighted by atomic mass is 10.0. The molecule has 1 aliphatic heterocycles. The van der Waals surface area contributed by atoms with Crippen molar-refractivity contribution in [1.82, 2.24) is 9.55 Å². The van der Waals surface area contributed by atoms with E-state index in [0.717, 1.165) is 0 Å². The van der Waals surface area contributed by atoms with E-state index in [1.165, 1.54) is 37.1 Å². The van der Waals surface area contributed by atoms with Crippen LogP contribution in [0.2, 0.25) is 0 Å². The quantitative estimate of drug-likeness (QED) is 0.159. The van der Waals surface area contributed by atoms with Crippen molar-refractivity contribution in [2.45, 2.75) is 32.1 Å². The van der Waals surface area contributed by atoms with Gasteiger partial charge in [0.1, 0.15) is 18.5 Å². The Kier molecular flexibility index (Phi) is 9.15. The van der Waals surface area contributed by atoms with E-state index in [1.807, 2.05) is 0 Å². The number of aromatic amines is 1. The van der Waals surface area contributed by atoms with Crippen molar-refractivity contribution in [3.63, 3.8) is 0 Å². The zero-order chi connectivity index (χ0) is 29.5. The summed E-state index contributed by atoms with van der Waals surface area (Å²) in [7, 11) is 2.90. The molecule has 0 aliphatic carbocycles. The molecule has 214 valence electrons. The van der Waals surface area contributed by atoms with E-state index in [0.29, 0.717) is 16.9 Å². The van der Waals surface area contributed by atoms with E-state index in [2.05, 4.69) is 4.98 Å². The average molecular weight is 565 g/mol. The van der Waals surface area contributed by atoms with Crippen LogP contribution < -0.4 is 25.5 Å². The van der Waals surface area contributed by atoms with Crippen LogP contribution in [0.25, 0.3) is 0 Å². The summed E-state index contributed by atoms with van der Waals surface area (Å²) in [5.74, 6) is -0.900. The highest BCUT2D eigenvalue weighted by atomic mass is 16.6. The van der Waals surface area contributed by atoms with Gasteiger partial charge in [0.05, 0.1) is 27.1 Å². The van der Waals surface area contributed by atoms with E-state index < -0.39 is 35.5 Å². The first kappa shape index (κ1) is 29.0. The van der Waals surface area contributed by atoms with Crippen LogP contribution in [-0.4, -0.2) is 54.2 Å². The summed E-state index contributed by atoms with van der Waals surface area (Å²) in [5.41, 5.74) is -0.106. The molecule has 0 unspecified atom stereocenters. The Morgan fingerprint density at radius 2 is 1.68 bits per heavy atom. The maximum atomic E-state index is 12.9. The predicted octanol–water partition coefficient (Wildman–Crippen LogP) is 2.48. The van der Waals surface area contributed by atoms with E-state index >= 15 is 0 Å². The lowest BCUT2D eigenvalue weighted by Crippen LogP contribution is -2.33. The van der Waals surface area contributed by atoms with Crippen LogP contribution in [0.5, 0.6) is 17.2 Å². The second kappa shape index (κ2) is 12.9. The van der Waals surface area contributed by atoms with Crippen molar-refractivity contribution in [3.05, 3.63) is 98.3 Å². The summed E-state index contributed by atoms with van der Waals surface area (Å²) < 4.78 is 27.9. The number of methoxy groups -OCH3 is 2. The van der Waals surface area contributed by atoms with Crippen molar-refractivity contribution < 1.29 is 38.1 Å². The fourth-order valence-corrected chi connectivity index (χ4v) is 3.97. The highest BCUT2D eigenvalue weighted by molar-refractivity contribution is 6.09. The Hall–Kier alpha value is -4.97. The average Bonchev–Trinajstić information content (AvgIpc) is 3.45. The smallest absolute Gasteiger partial charge is 0.330 e. The van der Waals surface area contributed by atoms with E-state index in [9.17, 15) is 24.0 Å². The molecule has 0 amide bonds. The zero-order valence-electron chi connectivity index (χ0n) is 22.6. The van der Waals surface area contributed by atoms with Gasteiger partial charge in [0.2, 0.25) is 0 Å². The van der Waals surface area contributed by atoms with Crippen LogP contribution >= 0.6 is 0 Å². The van der Waals surface area contributed by atoms with Gasteiger partial charge in [-0.3, -0.25) is 28.7 Å². The van der Waals surface area contributed by atoms with Crippen LogP contribution in [0, 0.1) is 6.92 Å². The van der Waals surface area contributed by atoms with Crippen molar-refractivity contribution in [2.24, 2.45) is 0 Å². The molecule has 2 atom stereocenters. The van der Waals surface area contributed by atoms with Gasteiger partial charge in [-0.1, -0.05) is 18.2 Å². The van der Waals surface area contributed by atoms with Crippen LogP contribution in [0.15, 0.2) is 70.4 Å².